The number of esters is 1. The molecule has 0 unspecified atom stereocenters. The van der Waals surface area contributed by atoms with Crippen LogP contribution in [-0.2, 0) is 9.53 Å². The third kappa shape index (κ3) is 12.5. The minimum absolute atomic E-state index is 0.245. The Morgan fingerprint density at radius 1 is 1.17 bits per heavy atom. The van der Waals surface area contributed by atoms with Gasteiger partial charge < -0.3 is 4.74 Å². The summed E-state index contributed by atoms with van der Waals surface area (Å²) in [7, 11) is 1.35. The molecule has 0 saturated carbocycles. The largest absolute Gasteiger partial charge is 0.469 e. The summed E-state index contributed by atoms with van der Waals surface area (Å²) >= 11 is 1.79. The summed E-state index contributed by atoms with van der Waals surface area (Å²) in [4.78, 5) is 11.0. The molecule has 3 heteroatoms. The summed E-state index contributed by atoms with van der Waals surface area (Å²) in [5, 5.41) is 0. The second-order valence-corrected chi connectivity index (χ2v) is 5.97. The maximum Gasteiger partial charge on any atom is 0.302 e. The second-order valence-electron chi connectivity index (χ2n) is 5.09. The van der Waals surface area contributed by atoms with Gasteiger partial charge in [0, 0.05) is 11.8 Å². The van der Waals surface area contributed by atoms with E-state index in [4.69, 9.17) is 0 Å². The first-order valence-corrected chi connectivity index (χ1v) is 8.90. The monoisotopic (exact) mass is 332 g/mol. The predicted molar refractivity (Wildman–Crippen MR) is 103 cm³/mol. The van der Waals surface area contributed by atoms with Crippen LogP contribution in [-0.4, -0.2) is 19.3 Å². The molecule has 0 spiro atoms. The topological polar surface area (TPSA) is 26.3 Å². The van der Waals surface area contributed by atoms with Crippen LogP contribution in [0.15, 0.2) is 65.6 Å². The number of methoxy groups -OCH3 is 1. The molecule has 126 valence electrons. The Balaban J connectivity index is 0.000000332. The fraction of sp³-hybridized carbons (Fsp3) is 0.350. The molecular formula is C20H28O2S. The van der Waals surface area contributed by atoms with Crippen molar-refractivity contribution in [2.45, 2.75) is 33.1 Å². The van der Waals surface area contributed by atoms with E-state index in [0.717, 1.165) is 6.42 Å². The van der Waals surface area contributed by atoms with Crippen molar-refractivity contribution in [1.29, 1.82) is 0 Å². The number of hydrogen-bond acceptors (Lipinski definition) is 3. The zero-order chi connectivity index (χ0) is 17.5. The third-order valence-corrected chi connectivity index (χ3v) is 3.73. The molecule has 2 rings (SSSR count). The minimum Gasteiger partial charge on any atom is -0.469 e. The molecule has 2 nitrogen and oxygen atoms in total. The predicted octanol–water partition coefficient (Wildman–Crippen LogP) is 5.74. The van der Waals surface area contributed by atoms with Crippen molar-refractivity contribution in [1.82, 2.24) is 0 Å². The summed E-state index contributed by atoms with van der Waals surface area (Å²) in [6.45, 7) is 5.77. The summed E-state index contributed by atoms with van der Waals surface area (Å²) in [6, 6.07) is 10.5. The van der Waals surface area contributed by atoms with Gasteiger partial charge in [-0.3, -0.25) is 4.79 Å². The molecule has 0 heterocycles. The summed E-state index contributed by atoms with van der Waals surface area (Å²) < 4.78 is 4.11. The standard InChI is InChI=1S/C9H12.C8H10S.C3H6O2/c1-8(2)9-6-4-3-5-7-9;1-9-8-6-4-2-3-5-7-8;1-3(4)5-2/h3-8H,1-2H3;2-4,6-7H,5H2,1H3;1-2H3. The number of ether oxygens (including phenoxy) is 1. The Hall–Kier alpha value is -1.74. The summed E-state index contributed by atoms with van der Waals surface area (Å²) in [5.41, 5.74) is 1.41. The lowest BCUT2D eigenvalue weighted by atomic mass is 10.0. The molecule has 1 aliphatic carbocycles. The average Bonchev–Trinajstić information content (AvgIpc) is 2.85. The number of allylic oxidation sites excluding steroid dienone is 5. The highest BCUT2D eigenvalue weighted by atomic mass is 32.2. The lowest BCUT2D eigenvalue weighted by Gasteiger charge is -2.01. The Bertz CT molecular complexity index is 514. The maximum atomic E-state index is 9.59. The van der Waals surface area contributed by atoms with Crippen molar-refractivity contribution in [3.63, 3.8) is 0 Å². The van der Waals surface area contributed by atoms with Gasteiger partial charge in [-0.25, -0.2) is 0 Å². The number of carbonyl (C=O) groups excluding carboxylic acids is 1. The summed E-state index contributed by atoms with van der Waals surface area (Å²) in [5.74, 6) is 0.413. The number of thioether (sulfide) groups is 1. The van der Waals surface area contributed by atoms with E-state index in [1.807, 2.05) is 6.07 Å². The van der Waals surface area contributed by atoms with Gasteiger partial charge in [-0.1, -0.05) is 68.5 Å². The fourth-order valence-electron chi connectivity index (χ4n) is 1.55. The molecule has 1 aromatic rings. The highest BCUT2D eigenvalue weighted by Gasteiger charge is 1.93. The Kier molecular flexibility index (Phi) is 12.8. The van der Waals surface area contributed by atoms with Crippen LogP contribution in [0.5, 0.6) is 0 Å². The van der Waals surface area contributed by atoms with Crippen LogP contribution in [0.1, 0.15) is 38.7 Å². The van der Waals surface area contributed by atoms with Crippen LogP contribution in [0.2, 0.25) is 0 Å². The molecule has 1 aromatic carbocycles. The fourth-order valence-corrected chi connectivity index (χ4v) is 2.03. The molecule has 0 amide bonds. The molecule has 0 N–H and O–H groups in total. The minimum atomic E-state index is -0.245. The van der Waals surface area contributed by atoms with Crippen LogP contribution in [0.25, 0.3) is 0 Å². The van der Waals surface area contributed by atoms with Crippen LogP contribution < -0.4 is 0 Å². The lowest BCUT2D eigenvalue weighted by Crippen LogP contribution is -1.88. The van der Waals surface area contributed by atoms with E-state index < -0.39 is 0 Å². The molecular weight excluding hydrogens is 304 g/mol. The number of carbonyl (C=O) groups is 1. The van der Waals surface area contributed by atoms with Crippen LogP contribution >= 0.6 is 11.8 Å². The number of benzene rings is 1. The van der Waals surface area contributed by atoms with Crippen molar-refractivity contribution >= 4 is 17.7 Å². The van der Waals surface area contributed by atoms with E-state index in [2.05, 4.69) is 79.5 Å². The highest BCUT2D eigenvalue weighted by molar-refractivity contribution is 8.02. The van der Waals surface area contributed by atoms with E-state index in [1.54, 1.807) is 11.8 Å². The van der Waals surface area contributed by atoms with Crippen molar-refractivity contribution in [3.8, 4) is 0 Å². The molecule has 0 fully saturated rings. The van der Waals surface area contributed by atoms with E-state index in [9.17, 15) is 4.79 Å². The van der Waals surface area contributed by atoms with E-state index >= 15 is 0 Å². The lowest BCUT2D eigenvalue weighted by molar-refractivity contribution is -0.137. The Morgan fingerprint density at radius 3 is 2.22 bits per heavy atom. The van der Waals surface area contributed by atoms with Crippen molar-refractivity contribution in [2.24, 2.45) is 0 Å². The third-order valence-electron chi connectivity index (χ3n) is 2.95. The first-order valence-electron chi connectivity index (χ1n) is 7.68. The quantitative estimate of drug-likeness (QED) is 0.646. The van der Waals surface area contributed by atoms with Gasteiger partial charge in [0.2, 0.25) is 0 Å². The molecule has 0 aliphatic heterocycles. The zero-order valence-electron chi connectivity index (χ0n) is 14.8. The summed E-state index contributed by atoms with van der Waals surface area (Å²) in [6.07, 6.45) is 13.8. The van der Waals surface area contributed by atoms with Gasteiger partial charge >= 0.3 is 5.97 Å². The van der Waals surface area contributed by atoms with Crippen molar-refractivity contribution in [2.75, 3.05) is 13.4 Å². The van der Waals surface area contributed by atoms with E-state index in [1.165, 1.54) is 24.5 Å². The first kappa shape index (κ1) is 21.3. The van der Waals surface area contributed by atoms with Crippen LogP contribution in [0, 0.1) is 0 Å². The van der Waals surface area contributed by atoms with Gasteiger partial charge in [-0.2, -0.15) is 0 Å². The SMILES string of the molecule is CC(C)c1ccccc1.COC(C)=O.CSC1=CCC=CC=C1. The van der Waals surface area contributed by atoms with Crippen molar-refractivity contribution in [3.05, 3.63) is 71.2 Å². The van der Waals surface area contributed by atoms with Crippen LogP contribution in [0.3, 0.4) is 0 Å². The maximum absolute atomic E-state index is 9.59. The number of rotatable bonds is 2. The second kappa shape index (κ2) is 13.9. The van der Waals surface area contributed by atoms with Gasteiger partial charge in [-0.05, 0) is 30.2 Å². The highest BCUT2D eigenvalue weighted by Crippen LogP contribution is 2.15. The number of hydrogen-bond donors (Lipinski definition) is 0. The molecule has 23 heavy (non-hydrogen) atoms. The van der Waals surface area contributed by atoms with Gasteiger partial charge in [0.1, 0.15) is 0 Å². The zero-order valence-corrected chi connectivity index (χ0v) is 15.6. The van der Waals surface area contributed by atoms with Gasteiger partial charge in [0.15, 0.2) is 0 Å². The van der Waals surface area contributed by atoms with E-state index in [0.29, 0.717) is 5.92 Å². The van der Waals surface area contributed by atoms with Crippen LogP contribution in [0.4, 0.5) is 0 Å². The Morgan fingerprint density at radius 2 is 1.78 bits per heavy atom. The average molecular weight is 333 g/mol. The molecule has 0 atom stereocenters. The Labute approximate surface area is 145 Å². The molecule has 0 radical (unpaired) electrons. The van der Waals surface area contributed by atoms with Gasteiger partial charge in [0.05, 0.1) is 7.11 Å². The molecule has 0 aromatic heterocycles. The van der Waals surface area contributed by atoms with Gasteiger partial charge in [0.25, 0.3) is 0 Å². The van der Waals surface area contributed by atoms with Gasteiger partial charge in [-0.15, -0.1) is 11.8 Å². The normalized spacial score (nSPS) is 12.2. The molecule has 0 saturated heterocycles. The molecule has 0 bridgehead atoms. The molecule has 1 aliphatic rings. The first-order chi connectivity index (χ1) is 11.0. The smallest absolute Gasteiger partial charge is 0.302 e. The van der Waals surface area contributed by atoms with E-state index in [-0.39, 0.29) is 5.97 Å². The van der Waals surface area contributed by atoms with Crippen molar-refractivity contribution < 1.29 is 9.53 Å².